The molecule has 10 heteroatoms. The molecule has 2 aromatic heterocycles. The lowest BCUT2D eigenvalue weighted by molar-refractivity contribution is -0.123. The highest BCUT2D eigenvalue weighted by molar-refractivity contribution is 5.33. The number of nitrogens with zero attached hydrogens (tertiary/aromatic N) is 5. The van der Waals surface area contributed by atoms with Crippen LogP contribution in [0.2, 0.25) is 0 Å². The van der Waals surface area contributed by atoms with Crippen LogP contribution >= 0.6 is 0 Å². The summed E-state index contributed by atoms with van der Waals surface area (Å²) in [6.07, 6.45) is 7.51. The number of rotatable bonds is 6. The Kier molecular flexibility index (Phi) is 9.83. The van der Waals surface area contributed by atoms with Crippen molar-refractivity contribution in [3.8, 4) is 0 Å². The number of piperidine rings is 1. The van der Waals surface area contributed by atoms with Gasteiger partial charge in [0.15, 0.2) is 0 Å². The summed E-state index contributed by atoms with van der Waals surface area (Å²) in [6, 6.07) is 5.15. The molecule has 1 aliphatic carbocycles. The van der Waals surface area contributed by atoms with Gasteiger partial charge in [-0.1, -0.05) is 12.5 Å². The molecule has 0 radical (unpaired) electrons. The van der Waals surface area contributed by atoms with Gasteiger partial charge in [-0.2, -0.15) is 5.10 Å². The fourth-order valence-corrected chi connectivity index (χ4v) is 5.71. The SMILES string of the molecule is CCn1cc(CN(C)Cc2ccc3n(c2=O)C[C@H]2C[C@@H]3CN(C3CCC3)C2)c(C)n1.O=CO.O=CO. The molecule has 2 N–H and O–H groups in total. The summed E-state index contributed by atoms with van der Waals surface area (Å²) in [5.41, 5.74) is 4.73. The molecule has 5 rings (SSSR count). The molecule has 198 valence electrons. The number of aryl methyl sites for hydroxylation is 2. The lowest BCUT2D eigenvalue weighted by Gasteiger charge is -2.48. The molecule has 2 bridgehead atoms. The number of aromatic nitrogens is 3. The molecule has 2 aliphatic heterocycles. The van der Waals surface area contributed by atoms with E-state index >= 15 is 0 Å². The van der Waals surface area contributed by atoms with Gasteiger partial charge in [0.2, 0.25) is 0 Å². The van der Waals surface area contributed by atoms with Crippen molar-refractivity contribution in [3.63, 3.8) is 0 Å². The highest BCUT2D eigenvalue weighted by Gasteiger charge is 2.38. The van der Waals surface area contributed by atoms with Crippen molar-refractivity contribution in [2.24, 2.45) is 5.92 Å². The molecule has 1 saturated carbocycles. The molecular weight excluding hydrogens is 462 g/mol. The summed E-state index contributed by atoms with van der Waals surface area (Å²) < 4.78 is 4.10. The van der Waals surface area contributed by atoms with Crippen LogP contribution in [0.4, 0.5) is 0 Å². The van der Waals surface area contributed by atoms with Gasteiger partial charge in [-0.15, -0.1) is 0 Å². The molecule has 0 aromatic carbocycles. The van der Waals surface area contributed by atoms with Crippen molar-refractivity contribution in [2.75, 3.05) is 20.1 Å². The fraction of sp³-hybridized carbons (Fsp3) is 0.615. The minimum absolute atomic E-state index is 0.229. The Morgan fingerprint density at radius 2 is 1.75 bits per heavy atom. The zero-order valence-electron chi connectivity index (χ0n) is 21.5. The zero-order valence-corrected chi connectivity index (χ0v) is 21.5. The second kappa shape index (κ2) is 12.8. The van der Waals surface area contributed by atoms with Crippen LogP contribution in [-0.2, 0) is 35.8 Å². The molecule has 1 saturated heterocycles. The Balaban J connectivity index is 0.000000550. The lowest BCUT2D eigenvalue weighted by Crippen LogP contribution is -2.52. The maximum Gasteiger partial charge on any atom is 0.290 e. The van der Waals surface area contributed by atoms with Crippen LogP contribution in [-0.4, -0.2) is 73.5 Å². The molecule has 0 unspecified atom stereocenters. The molecular formula is C26H39N5O5. The fourth-order valence-electron chi connectivity index (χ4n) is 5.71. The molecule has 0 spiro atoms. The van der Waals surface area contributed by atoms with Gasteiger partial charge in [-0.05, 0) is 52.1 Å². The van der Waals surface area contributed by atoms with Crippen LogP contribution < -0.4 is 5.56 Å². The first-order chi connectivity index (χ1) is 17.3. The molecule has 4 heterocycles. The van der Waals surface area contributed by atoms with Crippen molar-refractivity contribution in [1.29, 1.82) is 0 Å². The molecule has 2 aromatic rings. The quantitative estimate of drug-likeness (QED) is 0.579. The van der Waals surface area contributed by atoms with Crippen molar-refractivity contribution in [2.45, 2.75) is 77.7 Å². The Hall–Kier alpha value is -2.98. The summed E-state index contributed by atoms with van der Waals surface area (Å²) in [6.45, 7) is 9.26. The number of hydrogen-bond donors (Lipinski definition) is 2. The van der Waals surface area contributed by atoms with Gasteiger partial charge in [-0.25, -0.2) is 0 Å². The van der Waals surface area contributed by atoms with Crippen LogP contribution in [0.1, 0.15) is 61.0 Å². The second-order valence-electron chi connectivity index (χ2n) is 10.0. The molecule has 2 fully saturated rings. The van der Waals surface area contributed by atoms with Gasteiger partial charge in [0.25, 0.3) is 18.5 Å². The van der Waals surface area contributed by atoms with Crippen molar-refractivity contribution < 1.29 is 19.8 Å². The topological polar surface area (TPSA) is 121 Å². The average Bonchev–Trinajstić information content (AvgIpc) is 3.15. The van der Waals surface area contributed by atoms with E-state index < -0.39 is 0 Å². The number of carboxylic acid groups (broad SMARTS) is 2. The van der Waals surface area contributed by atoms with Crippen LogP contribution in [0.15, 0.2) is 23.1 Å². The van der Waals surface area contributed by atoms with E-state index in [1.165, 1.54) is 43.5 Å². The van der Waals surface area contributed by atoms with Crippen LogP contribution in [0.5, 0.6) is 0 Å². The maximum atomic E-state index is 13.3. The van der Waals surface area contributed by atoms with Gasteiger partial charge < -0.3 is 14.8 Å². The van der Waals surface area contributed by atoms with Gasteiger partial charge in [0.1, 0.15) is 0 Å². The van der Waals surface area contributed by atoms with E-state index in [1.807, 2.05) is 4.68 Å². The van der Waals surface area contributed by atoms with E-state index in [9.17, 15) is 4.79 Å². The Morgan fingerprint density at radius 3 is 2.33 bits per heavy atom. The van der Waals surface area contributed by atoms with E-state index in [-0.39, 0.29) is 18.5 Å². The van der Waals surface area contributed by atoms with Crippen LogP contribution in [0.3, 0.4) is 0 Å². The smallest absolute Gasteiger partial charge is 0.290 e. The van der Waals surface area contributed by atoms with Gasteiger partial charge in [0.05, 0.1) is 5.69 Å². The van der Waals surface area contributed by atoms with E-state index in [4.69, 9.17) is 19.8 Å². The van der Waals surface area contributed by atoms with E-state index in [2.05, 4.69) is 58.7 Å². The first-order valence-electron chi connectivity index (χ1n) is 12.7. The van der Waals surface area contributed by atoms with Crippen molar-refractivity contribution in [3.05, 3.63) is 51.2 Å². The average molecular weight is 502 g/mol. The van der Waals surface area contributed by atoms with Gasteiger partial charge >= 0.3 is 0 Å². The predicted molar refractivity (Wildman–Crippen MR) is 136 cm³/mol. The number of pyridine rings is 1. The zero-order chi connectivity index (χ0) is 26.2. The van der Waals surface area contributed by atoms with Crippen molar-refractivity contribution in [1.82, 2.24) is 24.1 Å². The Morgan fingerprint density at radius 1 is 1.08 bits per heavy atom. The minimum atomic E-state index is -0.250. The first-order valence-corrected chi connectivity index (χ1v) is 12.7. The predicted octanol–water partition coefficient (Wildman–Crippen LogP) is 2.38. The van der Waals surface area contributed by atoms with Crippen LogP contribution in [0.25, 0.3) is 0 Å². The van der Waals surface area contributed by atoms with Gasteiger partial charge in [0, 0.05) is 74.2 Å². The number of hydrogen-bond acceptors (Lipinski definition) is 6. The summed E-state index contributed by atoms with van der Waals surface area (Å²) >= 11 is 0. The molecule has 0 amide bonds. The second-order valence-corrected chi connectivity index (χ2v) is 10.0. The molecule has 36 heavy (non-hydrogen) atoms. The largest absolute Gasteiger partial charge is 0.483 e. The molecule has 3 aliphatic rings. The standard InChI is InChI=1S/C24H35N5O.2CH2O2/c1-4-28-16-21(17(2)25-28)14-26(3)13-19-8-9-23-20-10-18(12-29(23)24(19)30)11-27(15-20)22-6-5-7-22;2*2-1-3/h8-9,16,18,20,22H,4-7,10-15H2,1-3H3;2*1H,(H,2,3)/t18-,20+;;/m0../s1. The number of carbonyl (C=O) groups is 2. The summed E-state index contributed by atoms with van der Waals surface area (Å²) in [7, 11) is 2.09. The normalized spacial score (nSPS) is 20.8. The van der Waals surface area contributed by atoms with E-state index in [1.54, 1.807) is 0 Å². The maximum absolute atomic E-state index is 13.3. The van der Waals surface area contributed by atoms with Crippen molar-refractivity contribution >= 4 is 12.9 Å². The summed E-state index contributed by atoms with van der Waals surface area (Å²) in [5, 5.41) is 18.3. The summed E-state index contributed by atoms with van der Waals surface area (Å²) in [5.74, 6) is 1.16. The monoisotopic (exact) mass is 501 g/mol. The molecule has 2 atom stereocenters. The first kappa shape index (κ1) is 27.6. The minimum Gasteiger partial charge on any atom is -0.483 e. The Labute approximate surface area is 212 Å². The summed E-state index contributed by atoms with van der Waals surface area (Å²) in [4.78, 5) is 35.0. The third kappa shape index (κ3) is 6.41. The van der Waals surface area contributed by atoms with E-state index in [0.29, 0.717) is 18.4 Å². The van der Waals surface area contributed by atoms with Crippen LogP contribution in [0, 0.1) is 12.8 Å². The highest BCUT2D eigenvalue weighted by atomic mass is 16.3. The molecule has 10 nitrogen and oxygen atoms in total. The third-order valence-corrected chi connectivity index (χ3v) is 7.55. The lowest BCUT2D eigenvalue weighted by atomic mass is 9.80. The number of fused-ring (bicyclic) bond motifs is 4. The van der Waals surface area contributed by atoms with Gasteiger partial charge in [-0.3, -0.25) is 28.9 Å². The Bertz CT molecular complexity index is 1070. The number of likely N-dealkylation sites (tertiary alicyclic amines) is 1. The third-order valence-electron chi connectivity index (χ3n) is 7.55. The van der Waals surface area contributed by atoms with E-state index in [0.717, 1.165) is 43.5 Å². The highest BCUT2D eigenvalue weighted by Crippen LogP contribution is 2.38.